The third-order valence-corrected chi connectivity index (χ3v) is 2.16. The molecule has 0 saturated heterocycles. The van der Waals surface area contributed by atoms with Gasteiger partial charge in [0.05, 0.1) is 0 Å². The Kier molecular flexibility index (Phi) is 8.95. The van der Waals surface area contributed by atoms with Crippen molar-refractivity contribution in [3.05, 3.63) is 0 Å². The molecular formula is C10H23NO. The van der Waals surface area contributed by atoms with E-state index in [0.29, 0.717) is 6.61 Å². The summed E-state index contributed by atoms with van der Waals surface area (Å²) in [6.45, 7) is 3.76. The van der Waals surface area contributed by atoms with Crippen LogP contribution < -0.4 is 5.32 Å². The van der Waals surface area contributed by atoms with Crippen molar-refractivity contribution < 1.29 is 5.11 Å². The SMILES string of the molecule is CNCC(C)CCCCCCO. The predicted molar refractivity (Wildman–Crippen MR) is 53.3 cm³/mol. The molecular weight excluding hydrogens is 150 g/mol. The van der Waals surface area contributed by atoms with E-state index in [9.17, 15) is 0 Å². The van der Waals surface area contributed by atoms with E-state index in [1.807, 2.05) is 7.05 Å². The van der Waals surface area contributed by atoms with Gasteiger partial charge in [0.15, 0.2) is 0 Å². The van der Waals surface area contributed by atoms with Gasteiger partial charge < -0.3 is 10.4 Å². The summed E-state index contributed by atoms with van der Waals surface area (Å²) in [7, 11) is 2.00. The van der Waals surface area contributed by atoms with Crippen molar-refractivity contribution in [1.29, 1.82) is 0 Å². The molecule has 0 aliphatic carbocycles. The molecule has 74 valence electrons. The van der Waals surface area contributed by atoms with Crippen LogP contribution in [0, 0.1) is 5.92 Å². The molecule has 0 spiro atoms. The molecule has 12 heavy (non-hydrogen) atoms. The second kappa shape index (κ2) is 9.01. The van der Waals surface area contributed by atoms with Gasteiger partial charge in [0.2, 0.25) is 0 Å². The molecule has 0 fully saturated rings. The maximum absolute atomic E-state index is 8.55. The summed E-state index contributed by atoms with van der Waals surface area (Å²) in [4.78, 5) is 0. The Morgan fingerprint density at radius 3 is 2.42 bits per heavy atom. The molecule has 0 aliphatic heterocycles. The third-order valence-electron chi connectivity index (χ3n) is 2.16. The van der Waals surface area contributed by atoms with E-state index in [4.69, 9.17) is 5.11 Å². The van der Waals surface area contributed by atoms with Gasteiger partial charge in [0.25, 0.3) is 0 Å². The minimum absolute atomic E-state index is 0.353. The molecule has 0 aliphatic rings. The van der Waals surface area contributed by atoms with Crippen molar-refractivity contribution in [2.75, 3.05) is 20.2 Å². The number of unbranched alkanes of at least 4 members (excludes halogenated alkanes) is 3. The summed E-state index contributed by atoms with van der Waals surface area (Å²) in [5.41, 5.74) is 0. The number of rotatable bonds is 8. The quantitative estimate of drug-likeness (QED) is 0.548. The molecule has 1 unspecified atom stereocenters. The van der Waals surface area contributed by atoms with E-state index >= 15 is 0 Å². The number of nitrogens with one attached hydrogen (secondary N) is 1. The largest absolute Gasteiger partial charge is 0.396 e. The fourth-order valence-corrected chi connectivity index (χ4v) is 1.41. The van der Waals surface area contributed by atoms with Crippen LogP contribution in [-0.2, 0) is 0 Å². The zero-order valence-corrected chi connectivity index (χ0v) is 8.47. The molecule has 0 radical (unpaired) electrons. The smallest absolute Gasteiger partial charge is 0.0431 e. The standard InChI is InChI=1S/C10H23NO/c1-10(9-11-2)7-5-3-4-6-8-12/h10-12H,3-9H2,1-2H3. The summed E-state index contributed by atoms with van der Waals surface area (Å²) in [5.74, 6) is 0.795. The number of aliphatic hydroxyl groups is 1. The first-order valence-electron chi connectivity index (χ1n) is 5.06. The Hall–Kier alpha value is -0.0800. The molecule has 0 amide bonds. The molecule has 2 nitrogen and oxygen atoms in total. The highest BCUT2D eigenvalue weighted by atomic mass is 16.2. The van der Waals surface area contributed by atoms with Gasteiger partial charge in [0, 0.05) is 6.61 Å². The zero-order valence-electron chi connectivity index (χ0n) is 8.47. The topological polar surface area (TPSA) is 32.3 Å². The Morgan fingerprint density at radius 1 is 1.17 bits per heavy atom. The van der Waals surface area contributed by atoms with Crippen molar-refractivity contribution in [1.82, 2.24) is 5.32 Å². The molecule has 0 rings (SSSR count). The molecule has 2 heteroatoms. The second-order valence-electron chi connectivity index (χ2n) is 3.59. The minimum Gasteiger partial charge on any atom is -0.396 e. The summed E-state index contributed by atoms with van der Waals surface area (Å²) < 4.78 is 0. The highest BCUT2D eigenvalue weighted by molar-refractivity contribution is 4.55. The minimum atomic E-state index is 0.353. The van der Waals surface area contributed by atoms with Crippen molar-refractivity contribution >= 4 is 0 Å². The Bertz CT molecular complexity index is 85.9. The van der Waals surface area contributed by atoms with Gasteiger partial charge in [-0.1, -0.05) is 26.2 Å². The van der Waals surface area contributed by atoms with Gasteiger partial charge >= 0.3 is 0 Å². The average Bonchev–Trinajstić information content (AvgIpc) is 2.05. The predicted octanol–water partition coefficient (Wildman–Crippen LogP) is 1.78. The maximum Gasteiger partial charge on any atom is 0.0431 e. The summed E-state index contributed by atoms with van der Waals surface area (Å²) in [6, 6.07) is 0. The van der Waals surface area contributed by atoms with E-state index in [-0.39, 0.29) is 0 Å². The average molecular weight is 173 g/mol. The monoisotopic (exact) mass is 173 g/mol. The normalized spacial score (nSPS) is 13.2. The maximum atomic E-state index is 8.55. The Labute approximate surface area is 76.4 Å². The Balaban J connectivity index is 2.97. The summed E-state index contributed by atoms with van der Waals surface area (Å²) in [5, 5.41) is 11.7. The first-order chi connectivity index (χ1) is 5.81. The van der Waals surface area contributed by atoms with Gasteiger partial charge in [0.1, 0.15) is 0 Å². The lowest BCUT2D eigenvalue weighted by atomic mass is 10.0. The molecule has 0 aromatic carbocycles. The molecule has 0 bridgehead atoms. The van der Waals surface area contributed by atoms with Crippen LogP contribution in [0.5, 0.6) is 0 Å². The highest BCUT2D eigenvalue weighted by Gasteiger charge is 1.99. The van der Waals surface area contributed by atoms with Crippen LogP contribution >= 0.6 is 0 Å². The van der Waals surface area contributed by atoms with Crippen LogP contribution in [0.1, 0.15) is 39.0 Å². The van der Waals surface area contributed by atoms with Crippen LogP contribution in [0.25, 0.3) is 0 Å². The van der Waals surface area contributed by atoms with Crippen molar-refractivity contribution in [2.45, 2.75) is 39.0 Å². The van der Waals surface area contributed by atoms with E-state index in [0.717, 1.165) is 18.9 Å². The highest BCUT2D eigenvalue weighted by Crippen LogP contribution is 2.09. The first kappa shape index (κ1) is 11.9. The van der Waals surface area contributed by atoms with E-state index < -0.39 is 0 Å². The molecule has 0 aromatic heterocycles. The lowest BCUT2D eigenvalue weighted by Gasteiger charge is -2.09. The van der Waals surface area contributed by atoms with Crippen LogP contribution in [0.3, 0.4) is 0 Å². The van der Waals surface area contributed by atoms with Crippen LogP contribution in [0.15, 0.2) is 0 Å². The Morgan fingerprint density at radius 2 is 1.83 bits per heavy atom. The van der Waals surface area contributed by atoms with Crippen LogP contribution in [0.4, 0.5) is 0 Å². The molecule has 0 saturated carbocycles. The zero-order chi connectivity index (χ0) is 9.23. The second-order valence-corrected chi connectivity index (χ2v) is 3.59. The molecule has 0 heterocycles. The van der Waals surface area contributed by atoms with Gasteiger partial charge in [-0.05, 0) is 32.4 Å². The van der Waals surface area contributed by atoms with Crippen LogP contribution in [0.2, 0.25) is 0 Å². The molecule has 2 N–H and O–H groups in total. The summed E-state index contributed by atoms with van der Waals surface area (Å²) >= 11 is 0. The van der Waals surface area contributed by atoms with E-state index in [2.05, 4.69) is 12.2 Å². The fourth-order valence-electron chi connectivity index (χ4n) is 1.41. The van der Waals surface area contributed by atoms with Crippen molar-refractivity contribution in [3.63, 3.8) is 0 Å². The lowest BCUT2D eigenvalue weighted by Crippen LogP contribution is -2.15. The van der Waals surface area contributed by atoms with Gasteiger partial charge in [-0.15, -0.1) is 0 Å². The van der Waals surface area contributed by atoms with Gasteiger partial charge in [-0.25, -0.2) is 0 Å². The molecule has 0 aromatic rings. The number of hydrogen-bond acceptors (Lipinski definition) is 2. The first-order valence-corrected chi connectivity index (χ1v) is 5.06. The van der Waals surface area contributed by atoms with E-state index in [1.165, 1.54) is 25.7 Å². The third kappa shape index (κ3) is 8.02. The number of aliphatic hydroxyl groups excluding tert-OH is 1. The fraction of sp³-hybridized carbons (Fsp3) is 1.00. The van der Waals surface area contributed by atoms with Gasteiger partial charge in [-0.3, -0.25) is 0 Å². The van der Waals surface area contributed by atoms with Crippen molar-refractivity contribution in [2.24, 2.45) is 5.92 Å². The lowest BCUT2D eigenvalue weighted by molar-refractivity contribution is 0.281. The molecule has 1 atom stereocenters. The van der Waals surface area contributed by atoms with E-state index in [1.54, 1.807) is 0 Å². The van der Waals surface area contributed by atoms with Crippen LogP contribution in [-0.4, -0.2) is 25.3 Å². The van der Waals surface area contributed by atoms with Crippen molar-refractivity contribution in [3.8, 4) is 0 Å². The van der Waals surface area contributed by atoms with Gasteiger partial charge in [-0.2, -0.15) is 0 Å². The number of hydrogen-bond donors (Lipinski definition) is 2. The summed E-state index contributed by atoms with van der Waals surface area (Å²) in [6.07, 6.45) is 6.05.